The summed E-state index contributed by atoms with van der Waals surface area (Å²) >= 11 is 0. The number of carbonyl (C=O) groups excluding carboxylic acids is 1. The molecule has 0 aromatic heterocycles. The Balaban J connectivity index is 2.46. The Morgan fingerprint density at radius 2 is 1.95 bits per heavy atom. The van der Waals surface area contributed by atoms with E-state index in [9.17, 15) is 9.59 Å². The zero-order valence-corrected chi connectivity index (χ0v) is 13.7. The van der Waals surface area contributed by atoms with E-state index in [1.807, 2.05) is 6.92 Å². The largest absolute Gasteiger partial charge is 0.478 e. The second-order valence-electron chi connectivity index (χ2n) is 5.90. The maximum Gasteiger partial charge on any atom is 0.335 e. The monoisotopic (exact) mass is 306 g/mol. The lowest BCUT2D eigenvalue weighted by Crippen LogP contribution is -2.09. The van der Waals surface area contributed by atoms with E-state index < -0.39 is 5.97 Å². The van der Waals surface area contributed by atoms with Crippen molar-refractivity contribution in [2.75, 3.05) is 6.61 Å². The van der Waals surface area contributed by atoms with Gasteiger partial charge in [-0.05, 0) is 54.9 Å². The summed E-state index contributed by atoms with van der Waals surface area (Å²) < 4.78 is 5.22. The molecule has 122 valence electrons. The van der Waals surface area contributed by atoms with Crippen LogP contribution >= 0.6 is 0 Å². The van der Waals surface area contributed by atoms with Crippen molar-refractivity contribution >= 4 is 11.9 Å². The van der Waals surface area contributed by atoms with E-state index in [2.05, 4.69) is 13.8 Å². The molecule has 0 atom stereocenters. The number of carboxylic acids is 1. The van der Waals surface area contributed by atoms with E-state index in [0.29, 0.717) is 25.4 Å². The summed E-state index contributed by atoms with van der Waals surface area (Å²) in [4.78, 5) is 22.7. The fraction of sp³-hybridized carbons (Fsp3) is 0.556. The Morgan fingerprint density at radius 1 is 1.23 bits per heavy atom. The molecule has 1 aromatic carbocycles. The summed E-state index contributed by atoms with van der Waals surface area (Å²) in [6.07, 6.45) is 3.63. The quantitative estimate of drug-likeness (QED) is 0.556. The van der Waals surface area contributed by atoms with Crippen LogP contribution in [-0.4, -0.2) is 23.7 Å². The molecule has 0 saturated heterocycles. The van der Waals surface area contributed by atoms with E-state index in [-0.39, 0.29) is 11.5 Å². The number of hydrogen-bond donors (Lipinski definition) is 1. The highest BCUT2D eigenvalue weighted by Crippen LogP contribution is 2.15. The molecule has 4 heteroatoms. The predicted octanol–water partition coefficient (Wildman–Crippen LogP) is 3.86. The molecule has 1 N–H and O–H groups in total. The molecule has 1 rings (SSSR count). The number of hydrogen-bond acceptors (Lipinski definition) is 3. The smallest absolute Gasteiger partial charge is 0.335 e. The molecule has 0 amide bonds. The van der Waals surface area contributed by atoms with Gasteiger partial charge >= 0.3 is 11.9 Å². The topological polar surface area (TPSA) is 63.6 Å². The fourth-order valence-electron chi connectivity index (χ4n) is 2.32. The minimum absolute atomic E-state index is 0.187. The standard InChI is InChI=1S/C18H26O4/c1-4-14-12-16(18(20)21)8-7-15(14)9-10-17(19)22-11-5-6-13(2)3/h7-8,12-13H,4-6,9-11H2,1-3H3,(H,20,21). The molecular formula is C18H26O4. The number of carboxylic acid groups (broad SMARTS) is 1. The van der Waals surface area contributed by atoms with Gasteiger partial charge in [-0.1, -0.05) is 26.8 Å². The second-order valence-corrected chi connectivity index (χ2v) is 5.90. The van der Waals surface area contributed by atoms with Crippen LogP contribution in [-0.2, 0) is 22.4 Å². The van der Waals surface area contributed by atoms with Gasteiger partial charge in [-0.2, -0.15) is 0 Å². The van der Waals surface area contributed by atoms with Crippen molar-refractivity contribution in [3.05, 3.63) is 34.9 Å². The molecule has 0 aliphatic heterocycles. The second kappa shape index (κ2) is 9.23. The molecule has 0 spiro atoms. The first kappa shape index (κ1) is 18.2. The number of rotatable bonds is 9. The van der Waals surface area contributed by atoms with Crippen molar-refractivity contribution in [1.82, 2.24) is 0 Å². The minimum Gasteiger partial charge on any atom is -0.478 e. The first-order valence-corrected chi connectivity index (χ1v) is 7.94. The van der Waals surface area contributed by atoms with Crippen LogP contribution in [0.4, 0.5) is 0 Å². The average molecular weight is 306 g/mol. The van der Waals surface area contributed by atoms with Crippen LogP contribution in [0.15, 0.2) is 18.2 Å². The van der Waals surface area contributed by atoms with Gasteiger partial charge in [0, 0.05) is 6.42 Å². The highest BCUT2D eigenvalue weighted by Gasteiger charge is 2.10. The van der Waals surface area contributed by atoms with Crippen molar-refractivity contribution in [2.45, 2.75) is 52.9 Å². The number of benzene rings is 1. The van der Waals surface area contributed by atoms with Crippen molar-refractivity contribution in [3.8, 4) is 0 Å². The molecular weight excluding hydrogens is 280 g/mol. The van der Waals surface area contributed by atoms with Crippen molar-refractivity contribution < 1.29 is 19.4 Å². The zero-order valence-electron chi connectivity index (χ0n) is 13.7. The number of carbonyl (C=O) groups is 2. The summed E-state index contributed by atoms with van der Waals surface area (Å²) in [5, 5.41) is 9.00. The lowest BCUT2D eigenvalue weighted by atomic mass is 9.98. The molecule has 22 heavy (non-hydrogen) atoms. The third kappa shape index (κ3) is 6.29. The van der Waals surface area contributed by atoms with Gasteiger partial charge in [0.1, 0.15) is 0 Å². The molecule has 0 radical (unpaired) electrons. The average Bonchev–Trinajstić information content (AvgIpc) is 2.49. The maximum atomic E-state index is 11.7. The van der Waals surface area contributed by atoms with Crippen molar-refractivity contribution in [2.24, 2.45) is 5.92 Å². The molecule has 4 nitrogen and oxygen atoms in total. The number of esters is 1. The molecule has 0 bridgehead atoms. The van der Waals surface area contributed by atoms with E-state index in [1.54, 1.807) is 18.2 Å². The molecule has 0 fully saturated rings. The van der Waals surface area contributed by atoms with E-state index >= 15 is 0 Å². The van der Waals surface area contributed by atoms with E-state index in [1.165, 1.54) is 0 Å². The Kier molecular flexibility index (Phi) is 7.64. The fourth-order valence-corrected chi connectivity index (χ4v) is 2.32. The summed E-state index contributed by atoms with van der Waals surface area (Å²) in [6.45, 7) is 6.76. The van der Waals surface area contributed by atoms with Gasteiger partial charge in [-0.25, -0.2) is 4.79 Å². The lowest BCUT2D eigenvalue weighted by Gasteiger charge is -2.10. The van der Waals surface area contributed by atoms with E-state index in [4.69, 9.17) is 9.84 Å². The first-order valence-electron chi connectivity index (χ1n) is 7.94. The Bertz CT molecular complexity index is 506. The van der Waals surface area contributed by atoms with Gasteiger partial charge in [0.2, 0.25) is 0 Å². The van der Waals surface area contributed by atoms with Crippen LogP contribution < -0.4 is 0 Å². The van der Waals surface area contributed by atoms with Crippen LogP contribution in [0.1, 0.15) is 61.5 Å². The molecule has 0 heterocycles. The van der Waals surface area contributed by atoms with E-state index in [0.717, 1.165) is 30.4 Å². The van der Waals surface area contributed by atoms with Crippen molar-refractivity contribution in [3.63, 3.8) is 0 Å². The van der Waals surface area contributed by atoms with Gasteiger partial charge in [-0.3, -0.25) is 4.79 Å². The van der Waals surface area contributed by atoms with Gasteiger partial charge in [0.15, 0.2) is 0 Å². The summed E-state index contributed by atoms with van der Waals surface area (Å²) in [5.41, 5.74) is 2.29. The maximum absolute atomic E-state index is 11.7. The van der Waals surface area contributed by atoms with Crippen molar-refractivity contribution in [1.29, 1.82) is 0 Å². The number of aryl methyl sites for hydroxylation is 2. The third-order valence-corrected chi connectivity index (χ3v) is 3.62. The number of aromatic carboxylic acids is 1. The molecule has 0 unspecified atom stereocenters. The van der Waals surface area contributed by atoms with Crippen LogP contribution in [0, 0.1) is 5.92 Å². The lowest BCUT2D eigenvalue weighted by molar-refractivity contribution is -0.143. The van der Waals surface area contributed by atoms with Crippen LogP contribution in [0.2, 0.25) is 0 Å². The van der Waals surface area contributed by atoms with Gasteiger partial charge in [0.25, 0.3) is 0 Å². The zero-order chi connectivity index (χ0) is 16.5. The first-order chi connectivity index (χ1) is 10.4. The van der Waals surface area contributed by atoms with Gasteiger partial charge in [0.05, 0.1) is 12.2 Å². The van der Waals surface area contributed by atoms with Gasteiger partial charge < -0.3 is 9.84 Å². The third-order valence-electron chi connectivity index (χ3n) is 3.62. The summed E-state index contributed by atoms with van der Waals surface area (Å²) in [5.74, 6) is -0.488. The van der Waals surface area contributed by atoms with Crippen LogP contribution in [0.5, 0.6) is 0 Å². The molecule has 0 aliphatic rings. The van der Waals surface area contributed by atoms with Crippen LogP contribution in [0.3, 0.4) is 0 Å². The van der Waals surface area contributed by atoms with Gasteiger partial charge in [-0.15, -0.1) is 0 Å². The minimum atomic E-state index is -0.925. The Hall–Kier alpha value is -1.84. The highest BCUT2D eigenvalue weighted by molar-refractivity contribution is 5.87. The summed E-state index contributed by atoms with van der Waals surface area (Å²) in [7, 11) is 0. The molecule has 0 aliphatic carbocycles. The predicted molar refractivity (Wildman–Crippen MR) is 86.1 cm³/mol. The Labute approximate surface area is 132 Å². The normalized spacial score (nSPS) is 10.7. The Morgan fingerprint density at radius 3 is 2.55 bits per heavy atom. The molecule has 0 saturated carbocycles. The molecule has 1 aromatic rings. The SMILES string of the molecule is CCc1cc(C(=O)O)ccc1CCC(=O)OCCCC(C)C. The summed E-state index contributed by atoms with van der Waals surface area (Å²) in [6, 6.07) is 5.07. The highest BCUT2D eigenvalue weighted by atomic mass is 16.5. The number of ether oxygens (including phenoxy) is 1. The van der Waals surface area contributed by atoms with Crippen LogP contribution in [0.25, 0.3) is 0 Å².